The molecule has 1 aliphatic rings. The maximum atomic E-state index is 5.40. The Morgan fingerprint density at radius 1 is 1.50 bits per heavy atom. The Hall–Kier alpha value is -1.27. The molecule has 0 amide bonds. The zero-order chi connectivity index (χ0) is 12.6. The Bertz CT molecular complexity index is 520. The molecule has 1 N–H and O–H groups in total. The molecule has 3 rings (SSSR count). The molecule has 5 nitrogen and oxygen atoms in total. The van der Waals surface area contributed by atoms with Gasteiger partial charge >= 0.3 is 0 Å². The number of nitrogens with zero attached hydrogens (tertiary/aromatic N) is 3. The summed E-state index contributed by atoms with van der Waals surface area (Å²) in [6, 6.07) is 0.131. The van der Waals surface area contributed by atoms with Crippen molar-refractivity contribution in [3.63, 3.8) is 0 Å². The van der Waals surface area contributed by atoms with Crippen molar-refractivity contribution in [3.05, 3.63) is 16.8 Å². The molecule has 6 heteroatoms. The second kappa shape index (κ2) is 4.44. The molecule has 1 atom stereocenters. The van der Waals surface area contributed by atoms with Crippen LogP contribution >= 0.6 is 11.3 Å². The Balaban J connectivity index is 1.89. The number of thiazole rings is 1. The van der Waals surface area contributed by atoms with Gasteiger partial charge in [-0.15, -0.1) is 11.3 Å². The fourth-order valence-corrected chi connectivity index (χ4v) is 2.94. The SMILES string of the molecule is CC1(C)CCCNC1c1nc(-c2cscn2)no1. The van der Waals surface area contributed by atoms with Gasteiger partial charge in [0.1, 0.15) is 5.69 Å². The lowest BCUT2D eigenvalue weighted by Gasteiger charge is -2.36. The highest BCUT2D eigenvalue weighted by atomic mass is 32.1. The summed E-state index contributed by atoms with van der Waals surface area (Å²) in [7, 11) is 0. The zero-order valence-electron chi connectivity index (χ0n) is 10.5. The molecule has 0 bridgehead atoms. The van der Waals surface area contributed by atoms with Gasteiger partial charge in [0.05, 0.1) is 11.6 Å². The standard InChI is InChI=1S/C12H16N4OS/c1-12(2)4-3-5-13-9(12)11-15-10(16-17-11)8-6-18-7-14-8/h6-7,9,13H,3-5H2,1-2H3. The Morgan fingerprint density at radius 3 is 3.11 bits per heavy atom. The summed E-state index contributed by atoms with van der Waals surface area (Å²) in [5.41, 5.74) is 2.70. The lowest BCUT2D eigenvalue weighted by Crippen LogP contribution is -2.39. The van der Waals surface area contributed by atoms with Gasteiger partial charge in [0.25, 0.3) is 0 Å². The minimum absolute atomic E-state index is 0.131. The fraction of sp³-hybridized carbons (Fsp3) is 0.583. The van der Waals surface area contributed by atoms with Crippen LogP contribution in [0.4, 0.5) is 0 Å². The van der Waals surface area contributed by atoms with Crippen LogP contribution in [0, 0.1) is 5.41 Å². The van der Waals surface area contributed by atoms with Crippen LogP contribution in [-0.4, -0.2) is 21.7 Å². The van der Waals surface area contributed by atoms with E-state index < -0.39 is 0 Å². The maximum Gasteiger partial charge on any atom is 0.244 e. The summed E-state index contributed by atoms with van der Waals surface area (Å²) in [6.45, 7) is 5.47. The molecule has 1 saturated heterocycles. The lowest BCUT2D eigenvalue weighted by molar-refractivity contribution is 0.146. The van der Waals surface area contributed by atoms with Crippen LogP contribution in [0.5, 0.6) is 0 Å². The molecule has 2 aromatic rings. The average molecular weight is 264 g/mol. The molecule has 0 aromatic carbocycles. The monoisotopic (exact) mass is 264 g/mol. The number of hydrogen-bond acceptors (Lipinski definition) is 6. The first-order chi connectivity index (χ1) is 8.67. The van der Waals surface area contributed by atoms with Crippen molar-refractivity contribution in [2.24, 2.45) is 5.41 Å². The van der Waals surface area contributed by atoms with E-state index in [1.807, 2.05) is 5.38 Å². The highest BCUT2D eigenvalue weighted by Gasteiger charge is 2.37. The number of nitrogens with one attached hydrogen (secondary N) is 1. The minimum Gasteiger partial charge on any atom is -0.337 e. The van der Waals surface area contributed by atoms with Gasteiger partial charge in [0.15, 0.2) is 0 Å². The molecular weight excluding hydrogens is 248 g/mol. The van der Waals surface area contributed by atoms with Crippen LogP contribution in [0.25, 0.3) is 11.5 Å². The summed E-state index contributed by atoms with van der Waals surface area (Å²) in [6.07, 6.45) is 2.36. The first-order valence-corrected chi connectivity index (χ1v) is 7.07. The van der Waals surface area contributed by atoms with Gasteiger partial charge in [-0.05, 0) is 24.8 Å². The normalized spacial score (nSPS) is 23.1. The van der Waals surface area contributed by atoms with Crippen molar-refractivity contribution >= 4 is 11.3 Å². The first-order valence-electron chi connectivity index (χ1n) is 6.12. The van der Waals surface area contributed by atoms with E-state index in [1.165, 1.54) is 24.2 Å². The van der Waals surface area contributed by atoms with Gasteiger partial charge in [-0.1, -0.05) is 19.0 Å². The molecule has 3 heterocycles. The van der Waals surface area contributed by atoms with E-state index in [-0.39, 0.29) is 11.5 Å². The molecule has 1 fully saturated rings. The molecule has 1 aliphatic heterocycles. The van der Waals surface area contributed by atoms with Gasteiger partial charge in [-0.2, -0.15) is 4.98 Å². The molecule has 0 aliphatic carbocycles. The van der Waals surface area contributed by atoms with E-state index >= 15 is 0 Å². The number of hydrogen-bond donors (Lipinski definition) is 1. The molecule has 2 aromatic heterocycles. The molecule has 0 spiro atoms. The maximum absolute atomic E-state index is 5.40. The first kappa shape index (κ1) is 11.8. The highest BCUT2D eigenvalue weighted by molar-refractivity contribution is 7.07. The smallest absolute Gasteiger partial charge is 0.244 e. The van der Waals surface area contributed by atoms with Crippen molar-refractivity contribution in [2.75, 3.05) is 6.54 Å². The second-order valence-corrected chi connectivity index (χ2v) is 6.03. The third-order valence-corrected chi connectivity index (χ3v) is 4.06. The van der Waals surface area contributed by atoms with E-state index in [0.717, 1.165) is 12.2 Å². The summed E-state index contributed by atoms with van der Waals surface area (Å²) in [4.78, 5) is 8.67. The molecule has 18 heavy (non-hydrogen) atoms. The quantitative estimate of drug-likeness (QED) is 0.903. The predicted molar refractivity (Wildman–Crippen MR) is 69.2 cm³/mol. The zero-order valence-corrected chi connectivity index (χ0v) is 11.3. The van der Waals surface area contributed by atoms with Crippen LogP contribution in [0.15, 0.2) is 15.4 Å². The summed E-state index contributed by atoms with van der Waals surface area (Å²) >= 11 is 1.53. The average Bonchev–Trinajstić information content (AvgIpc) is 2.99. The van der Waals surface area contributed by atoms with Crippen LogP contribution in [0.2, 0.25) is 0 Å². The highest BCUT2D eigenvalue weighted by Crippen LogP contribution is 2.39. The number of piperidine rings is 1. The largest absolute Gasteiger partial charge is 0.337 e. The van der Waals surface area contributed by atoms with Crippen LogP contribution in [0.1, 0.15) is 38.6 Å². The van der Waals surface area contributed by atoms with E-state index in [0.29, 0.717) is 11.7 Å². The Morgan fingerprint density at radius 2 is 2.39 bits per heavy atom. The number of rotatable bonds is 2. The van der Waals surface area contributed by atoms with Gasteiger partial charge in [-0.3, -0.25) is 0 Å². The van der Waals surface area contributed by atoms with Crippen molar-refractivity contribution in [1.82, 2.24) is 20.4 Å². The molecule has 96 valence electrons. The summed E-state index contributed by atoms with van der Waals surface area (Å²) < 4.78 is 5.40. The number of aromatic nitrogens is 3. The Kier molecular flexibility index (Phi) is 2.91. The fourth-order valence-electron chi connectivity index (χ4n) is 2.41. The van der Waals surface area contributed by atoms with Crippen molar-refractivity contribution in [1.29, 1.82) is 0 Å². The predicted octanol–water partition coefficient (Wildman–Crippen LogP) is 2.64. The van der Waals surface area contributed by atoms with Crippen LogP contribution in [-0.2, 0) is 0 Å². The summed E-state index contributed by atoms with van der Waals surface area (Å²) in [5, 5.41) is 9.41. The van der Waals surface area contributed by atoms with Crippen LogP contribution < -0.4 is 5.32 Å². The summed E-state index contributed by atoms with van der Waals surface area (Å²) in [5.74, 6) is 1.25. The topological polar surface area (TPSA) is 63.8 Å². The van der Waals surface area contributed by atoms with Gasteiger partial charge < -0.3 is 9.84 Å². The second-order valence-electron chi connectivity index (χ2n) is 5.31. The molecule has 0 saturated carbocycles. The van der Waals surface area contributed by atoms with Crippen molar-refractivity contribution in [2.45, 2.75) is 32.7 Å². The van der Waals surface area contributed by atoms with E-state index in [9.17, 15) is 0 Å². The van der Waals surface area contributed by atoms with Gasteiger partial charge in [0.2, 0.25) is 11.7 Å². The lowest BCUT2D eigenvalue weighted by atomic mass is 9.77. The third-order valence-electron chi connectivity index (χ3n) is 3.48. The minimum atomic E-state index is 0.131. The molecular formula is C12H16N4OS. The van der Waals surface area contributed by atoms with E-state index in [4.69, 9.17) is 4.52 Å². The van der Waals surface area contributed by atoms with Crippen molar-refractivity contribution < 1.29 is 4.52 Å². The third kappa shape index (κ3) is 2.06. The van der Waals surface area contributed by atoms with E-state index in [1.54, 1.807) is 5.51 Å². The Labute approximate surface area is 110 Å². The van der Waals surface area contributed by atoms with Gasteiger partial charge in [0, 0.05) is 5.38 Å². The molecule has 0 radical (unpaired) electrons. The van der Waals surface area contributed by atoms with Gasteiger partial charge in [-0.25, -0.2) is 4.98 Å². The van der Waals surface area contributed by atoms with Crippen LogP contribution in [0.3, 0.4) is 0 Å². The molecule has 1 unspecified atom stereocenters. The van der Waals surface area contributed by atoms with E-state index in [2.05, 4.69) is 34.3 Å². The van der Waals surface area contributed by atoms with Crippen molar-refractivity contribution in [3.8, 4) is 11.5 Å².